The standard InChI is InChI=1S/C23H25FN4O2S/c1-13(19-8-9-20(31-19)23(30)28-10-4-5-14(24)12-28)25-22(29)16-11-15(16)21-26-17-6-2-3-7-18(17)27-21/h2-3,6-9,13-16H,4-5,10-12H2,1H3,(H,25,29)(H,26,27)/t13-,14?,15-,16-/m1/s1. The highest BCUT2D eigenvalue weighted by molar-refractivity contribution is 7.14. The number of benzene rings is 1. The summed E-state index contributed by atoms with van der Waals surface area (Å²) in [7, 11) is 0. The molecule has 4 atom stereocenters. The van der Waals surface area contributed by atoms with Crippen molar-refractivity contribution in [1.82, 2.24) is 20.2 Å². The first-order chi connectivity index (χ1) is 15.0. The van der Waals surface area contributed by atoms with Crippen LogP contribution in [0.3, 0.4) is 0 Å². The van der Waals surface area contributed by atoms with Crippen LogP contribution in [-0.2, 0) is 4.79 Å². The zero-order valence-electron chi connectivity index (χ0n) is 17.3. The second kappa shape index (κ2) is 8.07. The number of alkyl halides is 1. The number of likely N-dealkylation sites (tertiary alicyclic amines) is 1. The number of thiophene rings is 1. The van der Waals surface area contributed by atoms with Gasteiger partial charge in [-0.05, 0) is 50.5 Å². The topological polar surface area (TPSA) is 78.1 Å². The van der Waals surface area contributed by atoms with Crippen molar-refractivity contribution >= 4 is 34.2 Å². The number of nitrogens with one attached hydrogen (secondary N) is 2. The summed E-state index contributed by atoms with van der Waals surface area (Å²) in [5.74, 6) is 0.789. The second-order valence-electron chi connectivity index (χ2n) is 8.51. The molecule has 1 saturated heterocycles. The van der Waals surface area contributed by atoms with Crippen molar-refractivity contribution in [1.29, 1.82) is 0 Å². The number of H-pyrrole nitrogens is 1. The lowest BCUT2D eigenvalue weighted by Crippen LogP contribution is -2.40. The maximum atomic E-state index is 13.6. The first kappa shape index (κ1) is 20.2. The van der Waals surface area contributed by atoms with Gasteiger partial charge in [-0.3, -0.25) is 9.59 Å². The van der Waals surface area contributed by atoms with Gasteiger partial charge in [0.25, 0.3) is 5.91 Å². The van der Waals surface area contributed by atoms with E-state index >= 15 is 0 Å². The maximum Gasteiger partial charge on any atom is 0.264 e. The molecule has 3 aromatic rings. The van der Waals surface area contributed by atoms with Gasteiger partial charge in [-0.1, -0.05) is 12.1 Å². The Morgan fingerprint density at radius 2 is 2.13 bits per heavy atom. The van der Waals surface area contributed by atoms with E-state index < -0.39 is 6.17 Å². The molecular weight excluding hydrogens is 415 g/mol. The van der Waals surface area contributed by atoms with Crippen molar-refractivity contribution in [2.24, 2.45) is 5.92 Å². The molecule has 0 bridgehead atoms. The van der Waals surface area contributed by atoms with E-state index in [9.17, 15) is 14.0 Å². The average Bonchev–Trinajstić information content (AvgIpc) is 3.21. The van der Waals surface area contributed by atoms with Crippen LogP contribution < -0.4 is 5.32 Å². The van der Waals surface area contributed by atoms with Gasteiger partial charge in [0.15, 0.2) is 0 Å². The van der Waals surface area contributed by atoms with Crippen LogP contribution in [0.4, 0.5) is 4.39 Å². The largest absolute Gasteiger partial charge is 0.349 e. The molecule has 0 spiro atoms. The van der Waals surface area contributed by atoms with Crippen molar-refractivity contribution in [3.05, 3.63) is 52.0 Å². The van der Waals surface area contributed by atoms with Crippen molar-refractivity contribution in [3.63, 3.8) is 0 Å². The number of para-hydroxylation sites is 2. The van der Waals surface area contributed by atoms with Gasteiger partial charge >= 0.3 is 0 Å². The molecule has 8 heteroatoms. The highest BCUT2D eigenvalue weighted by Crippen LogP contribution is 2.47. The Bertz CT molecular complexity index is 1090. The molecule has 3 heterocycles. The third-order valence-electron chi connectivity index (χ3n) is 6.16. The summed E-state index contributed by atoms with van der Waals surface area (Å²) >= 11 is 1.37. The van der Waals surface area contributed by atoms with Crippen LogP contribution in [0.1, 0.15) is 58.5 Å². The number of hydrogen-bond acceptors (Lipinski definition) is 4. The number of aromatic nitrogens is 2. The predicted octanol–water partition coefficient (Wildman–Crippen LogP) is 4.18. The van der Waals surface area contributed by atoms with Crippen molar-refractivity contribution < 1.29 is 14.0 Å². The van der Waals surface area contributed by atoms with Crippen LogP contribution >= 0.6 is 11.3 Å². The number of amides is 2. The summed E-state index contributed by atoms with van der Waals surface area (Å²) in [5.41, 5.74) is 1.90. The monoisotopic (exact) mass is 440 g/mol. The highest BCUT2D eigenvalue weighted by Gasteiger charge is 2.46. The Labute approximate surface area is 183 Å². The fraction of sp³-hybridized carbons (Fsp3) is 0.435. The Morgan fingerprint density at radius 3 is 2.94 bits per heavy atom. The number of rotatable bonds is 5. The fourth-order valence-electron chi connectivity index (χ4n) is 4.29. The molecule has 1 aromatic carbocycles. The number of nitrogens with zero attached hydrogens (tertiary/aromatic N) is 2. The summed E-state index contributed by atoms with van der Waals surface area (Å²) in [4.78, 5) is 36.5. The minimum atomic E-state index is -0.936. The molecule has 1 unspecified atom stereocenters. The van der Waals surface area contributed by atoms with Crippen LogP contribution in [0, 0.1) is 5.92 Å². The van der Waals surface area contributed by atoms with Gasteiger partial charge in [-0.25, -0.2) is 9.37 Å². The number of imidazole rings is 1. The SMILES string of the molecule is C[C@@H](NC(=O)[C@@H]1C[C@H]1c1nc2ccccc2[nH]1)c1ccc(C(=O)N2CCCC(F)C2)s1. The lowest BCUT2D eigenvalue weighted by Gasteiger charge is -2.28. The quantitative estimate of drug-likeness (QED) is 0.625. The lowest BCUT2D eigenvalue weighted by atomic mass is 10.1. The van der Waals surface area contributed by atoms with E-state index in [0.717, 1.165) is 28.2 Å². The molecule has 2 fully saturated rings. The molecule has 1 saturated carbocycles. The third-order valence-corrected chi connectivity index (χ3v) is 7.42. The number of fused-ring (bicyclic) bond motifs is 1. The van der Waals surface area contributed by atoms with Gasteiger partial charge in [0, 0.05) is 23.3 Å². The molecule has 2 N–H and O–H groups in total. The van der Waals surface area contributed by atoms with Crippen LogP contribution in [0.25, 0.3) is 11.0 Å². The van der Waals surface area contributed by atoms with Gasteiger partial charge in [0.05, 0.1) is 28.5 Å². The molecule has 2 amide bonds. The molecule has 5 rings (SSSR count). The number of halogens is 1. The predicted molar refractivity (Wildman–Crippen MR) is 118 cm³/mol. The van der Waals surface area contributed by atoms with E-state index in [1.54, 1.807) is 11.0 Å². The number of carbonyl (C=O) groups is 2. The number of piperidine rings is 1. The van der Waals surface area contributed by atoms with Gasteiger partial charge in [-0.15, -0.1) is 11.3 Å². The Kier molecular flexibility index (Phi) is 5.25. The molecule has 1 aliphatic carbocycles. The molecule has 162 valence electrons. The summed E-state index contributed by atoms with van der Waals surface area (Å²) in [6.07, 6.45) is 1.07. The number of aromatic amines is 1. The molecule has 1 aliphatic heterocycles. The fourth-order valence-corrected chi connectivity index (χ4v) is 5.27. The van der Waals surface area contributed by atoms with Crippen LogP contribution in [-0.4, -0.2) is 45.9 Å². The minimum absolute atomic E-state index is 0.00975. The first-order valence-corrected chi connectivity index (χ1v) is 11.6. The second-order valence-corrected chi connectivity index (χ2v) is 9.63. The zero-order chi connectivity index (χ0) is 21.5. The Hall–Kier alpha value is -2.74. The summed E-state index contributed by atoms with van der Waals surface area (Å²) in [6.45, 7) is 2.70. The molecule has 2 aliphatic rings. The molecular formula is C23H25FN4O2S. The molecule has 2 aromatic heterocycles. The van der Waals surface area contributed by atoms with E-state index in [-0.39, 0.29) is 36.2 Å². The van der Waals surface area contributed by atoms with Crippen molar-refractivity contribution in [3.8, 4) is 0 Å². The highest BCUT2D eigenvalue weighted by atomic mass is 32.1. The van der Waals surface area contributed by atoms with Crippen molar-refractivity contribution in [2.75, 3.05) is 13.1 Å². The first-order valence-electron chi connectivity index (χ1n) is 10.8. The zero-order valence-corrected chi connectivity index (χ0v) is 18.1. The summed E-state index contributed by atoms with van der Waals surface area (Å²) in [5, 5.41) is 3.08. The average molecular weight is 441 g/mol. The van der Waals surface area contributed by atoms with Crippen LogP contribution in [0.15, 0.2) is 36.4 Å². The van der Waals surface area contributed by atoms with Gasteiger partial charge in [-0.2, -0.15) is 0 Å². The van der Waals surface area contributed by atoms with Gasteiger partial charge in [0.1, 0.15) is 12.0 Å². The van der Waals surface area contributed by atoms with Crippen LogP contribution in [0.5, 0.6) is 0 Å². The minimum Gasteiger partial charge on any atom is -0.349 e. The smallest absolute Gasteiger partial charge is 0.264 e. The van der Waals surface area contributed by atoms with E-state index in [2.05, 4.69) is 15.3 Å². The molecule has 6 nitrogen and oxygen atoms in total. The Morgan fingerprint density at radius 1 is 1.29 bits per heavy atom. The van der Waals surface area contributed by atoms with E-state index in [1.165, 1.54) is 11.3 Å². The van der Waals surface area contributed by atoms with Crippen LogP contribution in [0.2, 0.25) is 0 Å². The Balaban J connectivity index is 1.19. The maximum absolute atomic E-state index is 13.6. The van der Waals surface area contributed by atoms with E-state index in [1.807, 2.05) is 37.3 Å². The third kappa shape index (κ3) is 4.08. The van der Waals surface area contributed by atoms with E-state index in [0.29, 0.717) is 24.3 Å². The summed E-state index contributed by atoms with van der Waals surface area (Å²) in [6, 6.07) is 11.3. The molecule has 0 radical (unpaired) electrons. The number of hydrogen-bond donors (Lipinski definition) is 2. The van der Waals surface area contributed by atoms with Crippen molar-refractivity contribution in [2.45, 2.75) is 44.3 Å². The summed E-state index contributed by atoms with van der Waals surface area (Å²) < 4.78 is 13.6. The van der Waals surface area contributed by atoms with E-state index in [4.69, 9.17) is 0 Å². The normalized spacial score (nSPS) is 24.2. The lowest BCUT2D eigenvalue weighted by molar-refractivity contribution is -0.123. The van der Waals surface area contributed by atoms with Gasteiger partial charge in [0.2, 0.25) is 5.91 Å². The molecule has 31 heavy (non-hydrogen) atoms. The van der Waals surface area contributed by atoms with Gasteiger partial charge < -0.3 is 15.2 Å². The number of carbonyl (C=O) groups excluding carboxylic acids is 2.